The topological polar surface area (TPSA) is 61.5 Å². The maximum Gasteiger partial charge on any atom is 0.183 e. The zero-order valence-electron chi connectivity index (χ0n) is 9.11. The third-order valence-corrected chi connectivity index (χ3v) is 2.09. The maximum absolute atomic E-state index is 11.7. The number of ketones is 1. The van der Waals surface area contributed by atoms with E-state index in [0.717, 1.165) is 0 Å². The van der Waals surface area contributed by atoms with Gasteiger partial charge in [-0.15, -0.1) is 0 Å². The standard InChI is InChI=1S/C11H15NO3/c1-7(12)11(13)9-6-8(14-2)4-5-10(9)15-3/h4-7H,12H2,1-3H3. The molecule has 1 unspecified atom stereocenters. The Morgan fingerprint density at radius 2 is 2.00 bits per heavy atom. The first-order valence-corrected chi connectivity index (χ1v) is 4.62. The first kappa shape index (κ1) is 11.5. The Bertz CT molecular complexity index is 361. The Morgan fingerprint density at radius 3 is 2.47 bits per heavy atom. The van der Waals surface area contributed by atoms with Gasteiger partial charge in [-0.1, -0.05) is 0 Å². The molecule has 0 aliphatic carbocycles. The van der Waals surface area contributed by atoms with E-state index in [1.165, 1.54) is 7.11 Å². The van der Waals surface area contributed by atoms with Crippen LogP contribution in [0, 0.1) is 0 Å². The van der Waals surface area contributed by atoms with Crippen molar-refractivity contribution in [3.05, 3.63) is 23.8 Å². The van der Waals surface area contributed by atoms with Crippen LogP contribution in [0.15, 0.2) is 18.2 Å². The Labute approximate surface area is 89.0 Å². The summed E-state index contributed by atoms with van der Waals surface area (Å²) in [6.07, 6.45) is 0. The van der Waals surface area contributed by atoms with Crippen LogP contribution in [0.4, 0.5) is 0 Å². The molecule has 0 bridgehead atoms. The van der Waals surface area contributed by atoms with Gasteiger partial charge in [0.05, 0.1) is 25.8 Å². The molecule has 1 atom stereocenters. The molecule has 0 aliphatic heterocycles. The molecular weight excluding hydrogens is 194 g/mol. The molecule has 4 heteroatoms. The fourth-order valence-electron chi connectivity index (χ4n) is 1.25. The first-order valence-electron chi connectivity index (χ1n) is 4.62. The molecule has 1 rings (SSSR count). The molecule has 0 aromatic heterocycles. The lowest BCUT2D eigenvalue weighted by molar-refractivity contribution is 0.0964. The van der Waals surface area contributed by atoms with Crippen LogP contribution in [0.5, 0.6) is 11.5 Å². The predicted molar refractivity (Wildman–Crippen MR) is 57.5 cm³/mol. The van der Waals surface area contributed by atoms with Crippen LogP contribution in [0.1, 0.15) is 17.3 Å². The molecule has 0 saturated carbocycles. The molecular formula is C11H15NO3. The van der Waals surface area contributed by atoms with Gasteiger partial charge in [0.2, 0.25) is 0 Å². The van der Waals surface area contributed by atoms with Crippen molar-refractivity contribution in [1.29, 1.82) is 0 Å². The van der Waals surface area contributed by atoms with E-state index in [2.05, 4.69) is 0 Å². The highest BCUT2D eigenvalue weighted by atomic mass is 16.5. The van der Waals surface area contributed by atoms with Crippen molar-refractivity contribution in [2.75, 3.05) is 14.2 Å². The summed E-state index contributed by atoms with van der Waals surface area (Å²) >= 11 is 0. The zero-order chi connectivity index (χ0) is 11.4. The number of benzene rings is 1. The summed E-state index contributed by atoms with van der Waals surface area (Å²) in [6.45, 7) is 1.64. The quantitative estimate of drug-likeness (QED) is 0.758. The van der Waals surface area contributed by atoms with Crippen molar-refractivity contribution in [3.63, 3.8) is 0 Å². The number of Topliss-reactive ketones (excluding diaryl/α,β-unsaturated/α-hetero) is 1. The lowest BCUT2D eigenvalue weighted by Crippen LogP contribution is -2.27. The molecule has 2 N–H and O–H groups in total. The highest BCUT2D eigenvalue weighted by Crippen LogP contribution is 2.24. The first-order chi connectivity index (χ1) is 7.10. The van der Waals surface area contributed by atoms with E-state index in [1.54, 1.807) is 32.2 Å². The van der Waals surface area contributed by atoms with Gasteiger partial charge in [0.25, 0.3) is 0 Å². The summed E-state index contributed by atoms with van der Waals surface area (Å²) < 4.78 is 10.1. The number of methoxy groups -OCH3 is 2. The van der Waals surface area contributed by atoms with Crippen molar-refractivity contribution in [2.45, 2.75) is 13.0 Å². The Kier molecular flexibility index (Phi) is 3.68. The number of hydrogen-bond acceptors (Lipinski definition) is 4. The van der Waals surface area contributed by atoms with Crippen LogP contribution in [0.2, 0.25) is 0 Å². The third-order valence-electron chi connectivity index (χ3n) is 2.09. The van der Waals surface area contributed by atoms with Crippen molar-refractivity contribution >= 4 is 5.78 Å². The Balaban J connectivity index is 3.17. The van der Waals surface area contributed by atoms with Gasteiger partial charge in [-0.3, -0.25) is 4.79 Å². The van der Waals surface area contributed by atoms with E-state index in [4.69, 9.17) is 15.2 Å². The van der Waals surface area contributed by atoms with Crippen molar-refractivity contribution in [1.82, 2.24) is 0 Å². The maximum atomic E-state index is 11.7. The molecule has 4 nitrogen and oxygen atoms in total. The van der Waals surface area contributed by atoms with E-state index < -0.39 is 6.04 Å². The molecule has 0 fully saturated rings. The van der Waals surface area contributed by atoms with Crippen LogP contribution >= 0.6 is 0 Å². The minimum absolute atomic E-state index is 0.161. The van der Waals surface area contributed by atoms with Crippen molar-refractivity contribution in [3.8, 4) is 11.5 Å². The van der Waals surface area contributed by atoms with E-state index >= 15 is 0 Å². The van der Waals surface area contributed by atoms with Crippen LogP contribution < -0.4 is 15.2 Å². The summed E-state index contributed by atoms with van der Waals surface area (Å²) in [6, 6.07) is 4.50. The van der Waals surface area contributed by atoms with Gasteiger partial charge in [-0.05, 0) is 25.1 Å². The van der Waals surface area contributed by atoms with E-state index in [-0.39, 0.29) is 5.78 Å². The van der Waals surface area contributed by atoms with Gasteiger partial charge in [0.15, 0.2) is 5.78 Å². The van der Waals surface area contributed by atoms with E-state index in [0.29, 0.717) is 17.1 Å². The van der Waals surface area contributed by atoms with Gasteiger partial charge in [-0.2, -0.15) is 0 Å². The van der Waals surface area contributed by atoms with Crippen LogP contribution in [-0.2, 0) is 0 Å². The van der Waals surface area contributed by atoms with Gasteiger partial charge in [-0.25, -0.2) is 0 Å². The largest absolute Gasteiger partial charge is 0.497 e. The van der Waals surface area contributed by atoms with E-state index in [1.807, 2.05) is 0 Å². The molecule has 0 aliphatic rings. The molecule has 15 heavy (non-hydrogen) atoms. The van der Waals surface area contributed by atoms with Gasteiger partial charge >= 0.3 is 0 Å². The Morgan fingerprint density at radius 1 is 1.33 bits per heavy atom. The fourth-order valence-corrected chi connectivity index (χ4v) is 1.25. The van der Waals surface area contributed by atoms with Gasteiger partial charge in [0, 0.05) is 0 Å². The summed E-state index contributed by atoms with van der Waals surface area (Å²) in [5, 5.41) is 0. The number of hydrogen-bond donors (Lipinski definition) is 1. The SMILES string of the molecule is COc1ccc(OC)c(C(=O)C(C)N)c1. The summed E-state index contributed by atoms with van der Waals surface area (Å²) in [5.74, 6) is 0.962. The monoisotopic (exact) mass is 209 g/mol. The highest BCUT2D eigenvalue weighted by Gasteiger charge is 2.16. The number of ether oxygens (including phenoxy) is 2. The lowest BCUT2D eigenvalue weighted by atomic mass is 10.0. The molecule has 0 radical (unpaired) electrons. The summed E-state index contributed by atoms with van der Waals surface area (Å²) in [7, 11) is 3.06. The molecule has 1 aromatic rings. The van der Waals surface area contributed by atoms with Gasteiger partial charge in [0.1, 0.15) is 11.5 Å². The van der Waals surface area contributed by atoms with Crippen LogP contribution in [0.25, 0.3) is 0 Å². The fraction of sp³-hybridized carbons (Fsp3) is 0.364. The summed E-state index contributed by atoms with van der Waals surface area (Å²) in [5.41, 5.74) is 5.99. The molecule has 0 heterocycles. The number of carbonyl (C=O) groups is 1. The number of nitrogens with two attached hydrogens (primary N) is 1. The lowest BCUT2D eigenvalue weighted by Gasteiger charge is -2.11. The molecule has 0 spiro atoms. The second-order valence-corrected chi connectivity index (χ2v) is 3.22. The molecule has 0 saturated heterocycles. The third kappa shape index (κ3) is 2.47. The minimum Gasteiger partial charge on any atom is -0.497 e. The van der Waals surface area contributed by atoms with E-state index in [9.17, 15) is 4.79 Å². The average molecular weight is 209 g/mol. The smallest absolute Gasteiger partial charge is 0.183 e. The van der Waals surface area contributed by atoms with Crippen LogP contribution in [0.3, 0.4) is 0 Å². The highest BCUT2D eigenvalue weighted by molar-refractivity contribution is 6.02. The van der Waals surface area contributed by atoms with Crippen LogP contribution in [-0.4, -0.2) is 26.0 Å². The normalized spacial score (nSPS) is 12.0. The van der Waals surface area contributed by atoms with Crippen molar-refractivity contribution < 1.29 is 14.3 Å². The molecule has 82 valence electrons. The minimum atomic E-state index is -0.550. The average Bonchev–Trinajstić information content (AvgIpc) is 2.27. The van der Waals surface area contributed by atoms with Gasteiger partial charge < -0.3 is 15.2 Å². The second kappa shape index (κ2) is 4.79. The number of rotatable bonds is 4. The molecule has 1 aromatic carbocycles. The second-order valence-electron chi connectivity index (χ2n) is 3.22. The summed E-state index contributed by atoms with van der Waals surface area (Å²) in [4.78, 5) is 11.7. The zero-order valence-corrected chi connectivity index (χ0v) is 9.11. The number of carbonyl (C=O) groups excluding carboxylic acids is 1. The Hall–Kier alpha value is -1.55. The molecule has 0 amide bonds. The predicted octanol–water partition coefficient (Wildman–Crippen LogP) is 1.23. The van der Waals surface area contributed by atoms with Crippen molar-refractivity contribution in [2.24, 2.45) is 5.73 Å².